The van der Waals surface area contributed by atoms with Crippen molar-refractivity contribution in [2.24, 2.45) is 0 Å². The molecule has 2 aliphatic rings. The first-order valence-electron chi connectivity index (χ1n) is 6.57. The third-order valence-corrected chi connectivity index (χ3v) is 4.07. The number of hydrogen-bond donors (Lipinski definition) is 1. The number of rotatable bonds is 1. The molecule has 2 aliphatic heterocycles. The van der Waals surface area contributed by atoms with Gasteiger partial charge in [0.2, 0.25) is 5.91 Å². The minimum atomic E-state index is -0.387. The second kappa shape index (κ2) is 3.60. The van der Waals surface area contributed by atoms with E-state index in [-0.39, 0.29) is 11.6 Å². The molecule has 0 bridgehead atoms. The zero-order chi connectivity index (χ0) is 12.9. The quantitative estimate of drug-likeness (QED) is 0.843. The number of fused-ring (bicyclic) bond motifs is 3. The predicted octanol–water partition coefficient (Wildman–Crippen LogP) is 3.09. The summed E-state index contributed by atoms with van der Waals surface area (Å²) in [7, 11) is 0. The van der Waals surface area contributed by atoms with Crippen LogP contribution in [0.2, 0.25) is 0 Å². The van der Waals surface area contributed by atoms with Gasteiger partial charge < -0.3 is 5.32 Å². The van der Waals surface area contributed by atoms with Gasteiger partial charge in [0.15, 0.2) is 0 Å². The fraction of sp³-hybridized carbons (Fsp3) is 0.188. The van der Waals surface area contributed by atoms with Crippen molar-refractivity contribution in [1.29, 1.82) is 0 Å². The highest BCUT2D eigenvalue weighted by Gasteiger charge is 2.52. The highest BCUT2D eigenvalue weighted by atomic mass is 16.2. The van der Waals surface area contributed by atoms with Crippen molar-refractivity contribution in [3.8, 4) is 0 Å². The largest absolute Gasteiger partial charge is 0.357 e. The van der Waals surface area contributed by atoms with Crippen LogP contribution in [0.5, 0.6) is 0 Å². The maximum absolute atomic E-state index is 12.3. The fourth-order valence-electron chi connectivity index (χ4n) is 3.24. The lowest BCUT2D eigenvalue weighted by Gasteiger charge is -2.32. The number of para-hydroxylation sites is 2. The van der Waals surface area contributed by atoms with Gasteiger partial charge in [-0.2, -0.15) is 0 Å². The van der Waals surface area contributed by atoms with Gasteiger partial charge in [-0.1, -0.05) is 42.5 Å². The molecule has 0 saturated carbocycles. The van der Waals surface area contributed by atoms with Crippen LogP contribution in [0.4, 0.5) is 11.4 Å². The Hall–Kier alpha value is -2.29. The standard InChI is InChI=1S/C16H14N2O/c19-15-10-11-16(12-6-2-1-3-7-12)17-13-8-4-5-9-14(13)18(15)16/h1-9,17H,10-11H2/t16-/m0/s1. The molecule has 1 N–H and O–H groups in total. The van der Waals surface area contributed by atoms with Gasteiger partial charge >= 0.3 is 0 Å². The molecule has 1 atom stereocenters. The highest BCUT2D eigenvalue weighted by molar-refractivity contribution is 6.04. The lowest BCUT2D eigenvalue weighted by molar-refractivity contribution is -0.117. The van der Waals surface area contributed by atoms with E-state index >= 15 is 0 Å². The summed E-state index contributed by atoms with van der Waals surface area (Å²) in [6, 6.07) is 18.2. The van der Waals surface area contributed by atoms with Gasteiger partial charge in [0.25, 0.3) is 0 Å². The predicted molar refractivity (Wildman–Crippen MR) is 74.9 cm³/mol. The number of amides is 1. The van der Waals surface area contributed by atoms with Crippen molar-refractivity contribution < 1.29 is 4.79 Å². The highest BCUT2D eigenvalue weighted by Crippen LogP contribution is 2.51. The summed E-state index contributed by atoms with van der Waals surface area (Å²) in [5.41, 5.74) is 2.80. The molecule has 3 nitrogen and oxygen atoms in total. The van der Waals surface area contributed by atoms with Crippen molar-refractivity contribution >= 4 is 17.3 Å². The van der Waals surface area contributed by atoms with Crippen LogP contribution in [0.1, 0.15) is 18.4 Å². The first-order chi connectivity index (χ1) is 9.31. The van der Waals surface area contributed by atoms with Crippen molar-refractivity contribution in [2.45, 2.75) is 18.5 Å². The summed E-state index contributed by atoms with van der Waals surface area (Å²) in [4.78, 5) is 14.2. The normalized spacial score (nSPS) is 24.0. The summed E-state index contributed by atoms with van der Waals surface area (Å²) in [6.07, 6.45) is 1.40. The van der Waals surface area contributed by atoms with E-state index in [4.69, 9.17) is 0 Å². The molecule has 2 heterocycles. The Balaban J connectivity index is 1.93. The maximum Gasteiger partial charge on any atom is 0.229 e. The summed E-state index contributed by atoms with van der Waals surface area (Å²) < 4.78 is 0. The Bertz CT molecular complexity index is 653. The molecule has 1 amide bonds. The molecule has 0 aliphatic carbocycles. The van der Waals surface area contributed by atoms with Crippen molar-refractivity contribution in [2.75, 3.05) is 10.2 Å². The van der Waals surface area contributed by atoms with Gasteiger partial charge in [0.05, 0.1) is 11.4 Å². The maximum atomic E-state index is 12.3. The van der Waals surface area contributed by atoms with Gasteiger partial charge in [-0.05, 0) is 17.7 Å². The van der Waals surface area contributed by atoms with Gasteiger partial charge in [-0.25, -0.2) is 0 Å². The van der Waals surface area contributed by atoms with Crippen LogP contribution in [-0.4, -0.2) is 5.91 Å². The van der Waals surface area contributed by atoms with E-state index in [9.17, 15) is 4.79 Å². The summed E-state index contributed by atoms with van der Waals surface area (Å²) in [5, 5.41) is 3.56. The lowest BCUT2D eigenvalue weighted by Crippen LogP contribution is -2.44. The number of nitrogens with zero attached hydrogens (tertiary/aromatic N) is 1. The molecule has 0 unspecified atom stereocenters. The number of anilines is 2. The molecule has 2 aromatic carbocycles. The van der Waals surface area contributed by atoms with Gasteiger partial charge in [0, 0.05) is 12.8 Å². The molecule has 0 spiro atoms. The monoisotopic (exact) mass is 250 g/mol. The molecule has 94 valence electrons. The van der Waals surface area contributed by atoms with E-state index in [2.05, 4.69) is 17.4 Å². The van der Waals surface area contributed by atoms with E-state index in [0.717, 1.165) is 23.4 Å². The zero-order valence-corrected chi connectivity index (χ0v) is 10.5. The van der Waals surface area contributed by atoms with E-state index in [0.29, 0.717) is 6.42 Å². The molecule has 4 rings (SSSR count). The second-order valence-electron chi connectivity index (χ2n) is 5.10. The molecule has 0 aromatic heterocycles. The van der Waals surface area contributed by atoms with Crippen molar-refractivity contribution in [3.63, 3.8) is 0 Å². The van der Waals surface area contributed by atoms with E-state index < -0.39 is 0 Å². The first-order valence-corrected chi connectivity index (χ1v) is 6.57. The molecular weight excluding hydrogens is 236 g/mol. The third-order valence-electron chi connectivity index (χ3n) is 4.07. The molecule has 19 heavy (non-hydrogen) atoms. The minimum Gasteiger partial charge on any atom is -0.357 e. The topological polar surface area (TPSA) is 32.3 Å². The van der Waals surface area contributed by atoms with Crippen LogP contribution in [0.3, 0.4) is 0 Å². The van der Waals surface area contributed by atoms with Crippen LogP contribution < -0.4 is 10.2 Å². The Morgan fingerprint density at radius 2 is 1.74 bits per heavy atom. The van der Waals surface area contributed by atoms with Gasteiger partial charge in [-0.3, -0.25) is 9.69 Å². The first kappa shape index (κ1) is 10.6. The summed E-state index contributed by atoms with van der Waals surface area (Å²) in [5.74, 6) is 0.196. The van der Waals surface area contributed by atoms with Crippen molar-refractivity contribution in [3.05, 3.63) is 60.2 Å². The second-order valence-corrected chi connectivity index (χ2v) is 5.10. The minimum absolute atomic E-state index is 0.196. The van der Waals surface area contributed by atoms with Crippen molar-refractivity contribution in [1.82, 2.24) is 0 Å². The summed E-state index contributed by atoms with van der Waals surface area (Å²) in [6.45, 7) is 0. The van der Waals surface area contributed by atoms with E-state index in [1.807, 2.05) is 47.4 Å². The Kier molecular flexibility index (Phi) is 2.01. The van der Waals surface area contributed by atoms with Crippen LogP contribution >= 0.6 is 0 Å². The van der Waals surface area contributed by atoms with Gasteiger partial charge in [-0.15, -0.1) is 0 Å². The number of nitrogens with one attached hydrogen (secondary N) is 1. The lowest BCUT2D eigenvalue weighted by atomic mass is 9.97. The van der Waals surface area contributed by atoms with Crippen LogP contribution in [0.15, 0.2) is 54.6 Å². The number of hydrogen-bond acceptors (Lipinski definition) is 2. The van der Waals surface area contributed by atoms with Crippen LogP contribution in [0.25, 0.3) is 0 Å². The molecule has 3 heteroatoms. The average molecular weight is 250 g/mol. The smallest absolute Gasteiger partial charge is 0.229 e. The molecule has 0 radical (unpaired) electrons. The number of carbonyl (C=O) groups excluding carboxylic acids is 1. The molecule has 1 saturated heterocycles. The Morgan fingerprint density at radius 3 is 2.58 bits per heavy atom. The molecule has 1 fully saturated rings. The zero-order valence-electron chi connectivity index (χ0n) is 10.5. The third kappa shape index (κ3) is 1.30. The molecular formula is C16H14N2O. The number of benzene rings is 2. The summed E-state index contributed by atoms with van der Waals surface area (Å²) >= 11 is 0. The van der Waals surface area contributed by atoms with Gasteiger partial charge in [0.1, 0.15) is 5.66 Å². The SMILES string of the molecule is O=C1CC[C@]2(c3ccccc3)Nc3ccccc3N12. The van der Waals surface area contributed by atoms with E-state index in [1.165, 1.54) is 0 Å². The fourth-order valence-corrected chi connectivity index (χ4v) is 3.24. The molecule has 2 aromatic rings. The van der Waals surface area contributed by atoms with Crippen LogP contribution in [0, 0.1) is 0 Å². The Labute approximate surface area is 111 Å². The number of carbonyl (C=O) groups is 1. The Morgan fingerprint density at radius 1 is 1.00 bits per heavy atom. The van der Waals surface area contributed by atoms with Crippen LogP contribution in [-0.2, 0) is 10.5 Å². The average Bonchev–Trinajstić information content (AvgIpc) is 2.96. The van der Waals surface area contributed by atoms with E-state index in [1.54, 1.807) is 0 Å².